The summed E-state index contributed by atoms with van der Waals surface area (Å²) in [5.74, 6) is 1.61. The molecule has 1 heterocycles. The number of hydrogen-bond acceptors (Lipinski definition) is 2. The lowest BCUT2D eigenvalue weighted by molar-refractivity contribution is -0.121. The number of aliphatic imine (C=N–C) groups is 1. The molecular formula is C21H34N4O. The van der Waals surface area contributed by atoms with Gasteiger partial charge in [0.2, 0.25) is 5.91 Å². The largest absolute Gasteiger partial charge is 0.359 e. The fraction of sp³-hybridized carbons (Fsp3) is 0.619. The highest BCUT2D eigenvalue weighted by Gasteiger charge is 2.25. The molecule has 26 heavy (non-hydrogen) atoms. The van der Waals surface area contributed by atoms with E-state index in [1.807, 2.05) is 7.05 Å². The van der Waals surface area contributed by atoms with Gasteiger partial charge in [-0.3, -0.25) is 9.79 Å². The molecule has 0 spiro atoms. The van der Waals surface area contributed by atoms with Crippen LogP contribution < -0.4 is 10.6 Å². The van der Waals surface area contributed by atoms with Crippen molar-refractivity contribution in [3.8, 4) is 0 Å². The Hall–Kier alpha value is -2.04. The number of likely N-dealkylation sites (tertiary alicyclic amines) is 1. The minimum atomic E-state index is 0.147. The van der Waals surface area contributed by atoms with E-state index in [1.165, 1.54) is 5.56 Å². The lowest BCUT2D eigenvalue weighted by Crippen LogP contribution is -2.48. The number of carbonyl (C=O) groups excluding carboxylic acids is 1. The first kappa shape index (κ1) is 20.3. The molecule has 5 heteroatoms. The minimum Gasteiger partial charge on any atom is -0.359 e. The molecule has 0 aromatic heterocycles. The molecule has 0 aliphatic carbocycles. The fourth-order valence-electron chi connectivity index (χ4n) is 3.57. The normalized spacial score (nSPS) is 16.5. The van der Waals surface area contributed by atoms with E-state index in [4.69, 9.17) is 0 Å². The van der Waals surface area contributed by atoms with E-state index in [0.717, 1.165) is 44.9 Å². The standard InChI is InChI=1S/C21H34N4O/c1-21(2,15-18-8-6-5-7-9-18)16-24-20(23-4)25-12-10-17(11-13-25)14-19(26)22-3/h5-9,17H,10-16H2,1-4H3,(H,22,26)(H,23,24). The Kier molecular flexibility index (Phi) is 7.49. The second-order valence-electron chi connectivity index (χ2n) is 8.04. The highest BCUT2D eigenvalue weighted by Crippen LogP contribution is 2.22. The molecule has 0 bridgehead atoms. The van der Waals surface area contributed by atoms with E-state index in [9.17, 15) is 4.79 Å². The molecule has 1 fully saturated rings. The SMILES string of the molecule is CN=C(NCC(C)(C)Cc1ccccc1)N1CCC(CC(=O)NC)CC1. The van der Waals surface area contributed by atoms with Gasteiger partial charge in [0.1, 0.15) is 0 Å². The summed E-state index contributed by atoms with van der Waals surface area (Å²) in [6.07, 6.45) is 3.76. The van der Waals surface area contributed by atoms with Gasteiger partial charge in [-0.2, -0.15) is 0 Å². The summed E-state index contributed by atoms with van der Waals surface area (Å²) in [5.41, 5.74) is 1.51. The van der Waals surface area contributed by atoms with Gasteiger partial charge in [0.05, 0.1) is 0 Å². The first-order chi connectivity index (χ1) is 12.4. The van der Waals surface area contributed by atoms with Crippen molar-refractivity contribution in [2.75, 3.05) is 33.7 Å². The van der Waals surface area contributed by atoms with Crippen LogP contribution in [0.2, 0.25) is 0 Å². The molecule has 0 atom stereocenters. The number of rotatable bonds is 6. The maximum absolute atomic E-state index is 11.6. The summed E-state index contributed by atoms with van der Waals surface area (Å²) >= 11 is 0. The zero-order valence-electron chi connectivity index (χ0n) is 16.7. The monoisotopic (exact) mass is 358 g/mol. The van der Waals surface area contributed by atoms with Crippen LogP contribution in [-0.4, -0.2) is 50.5 Å². The van der Waals surface area contributed by atoms with E-state index in [1.54, 1.807) is 7.05 Å². The Balaban J connectivity index is 1.81. The van der Waals surface area contributed by atoms with E-state index in [2.05, 4.69) is 64.7 Å². The molecule has 1 saturated heterocycles. The van der Waals surface area contributed by atoms with Crippen LogP contribution in [0.25, 0.3) is 0 Å². The quantitative estimate of drug-likeness (QED) is 0.607. The molecule has 2 rings (SSSR count). The highest BCUT2D eigenvalue weighted by molar-refractivity contribution is 5.80. The molecule has 1 aliphatic rings. The number of amides is 1. The number of nitrogens with zero attached hydrogens (tertiary/aromatic N) is 2. The van der Waals surface area contributed by atoms with Crippen LogP contribution in [0.3, 0.4) is 0 Å². The van der Waals surface area contributed by atoms with Crippen LogP contribution in [0.5, 0.6) is 0 Å². The number of guanidine groups is 1. The van der Waals surface area contributed by atoms with E-state index < -0.39 is 0 Å². The molecule has 1 amide bonds. The van der Waals surface area contributed by atoms with Crippen molar-refractivity contribution in [3.05, 3.63) is 35.9 Å². The second kappa shape index (κ2) is 9.60. The predicted octanol–water partition coefficient (Wildman–Crippen LogP) is 2.68. The lowest BCUT2D eigenvalue weighted by Gasteiger charge is -2.35. The average molecular weight is 359 g/mol. The summed E-state index contributed by atoms with van der Waals surface area (Å²) in [6.45, 7) is 7.37. The number of benzene rings is 1. The van der Waals surface area contributed by atoms with Crippen molar-refractivity contribution in [2.45, 2.75) is 39.5 Å². The third-order valence-corrected chi connectivity index (χ3v) is 5.13. The van der Waals surface area contributed by atoms with Crippen molar-refractivity contribution in [1.82, 2.24) is 15.5 Å². The smallest absolute Gasteiger partial charge is 0.220 e. The lowest BCUT2D eigenvalue weighted by atomic mass is 9.85. The summed E-state index contributed by atoms with van der Waals surface area (Å²) in [6, 6.07) is 10.6. The Bertz CT molecular complexity index is 589. The summed E-state index contributed by atoms with van der Waals surface area (Å²) in [7, 11) is 3.56. The third-order valence-electron chi connectivity index (χ3n) is 5.13. The fourth-order valence-corrected chi connectivity index (χ4v) is 3.57. The molecule has 1 aromatic rings. The molecule has 1 aliphatic heterocycles. The Morgan fingerprint density at radius 3 is 2.46 bits per heavy atom. The Morgan fingerprint density at radius 1 is 1.23 bits per heavy atom. The van der Waals surface area contributed by atoms with Crippen LogP contribution >= 0.6 is 0 Å². The maximum Gasteiger partial charge on any atom is 0.220 e. The van der Waals surface area contributed by atoms with Gasteiger partial charge in [-0.15, -0.1) is 0 Å². The molecule has 144 valence electrons. The zero-order valence-corrected chi connectivity index (χ0v) is 16.7. The third kappa shape index (κ3) is 6.36. The molecule has 2 N–H and O–H groups in total. The summed E-state index contributed by atoms with van der Waals surface area (Å²) in [5, 5.41) is 6.29. The van der Waals surface area contributed by atoms with Crippen molar-refractivity contribution in [3.63, 3.8) is 0 Å². The molecule has 0 radical (unpaired) electrons. The van der Waals surface area contributed by atoms with Gasteiger partial charge in [0, 0.05) is 40.2 Å². The molecule has 5 nitrogen and oxygen atoms in total. The Labute approximate surface area is 158 Å². The first-order valence-electron chi connectivity index (χ1n) is 9.63. The van der Waals surface area contributed by atoms with E-state index >= 15 is 0 Å². The van der Waals surface area contributed by atoms with Crippen LogP contribution in [-0.2, 0) is 11.2 Å². The van der Waals surface area contributed by atoms with Gasteiger partial charge in [0.25, 0.3) is 0 Å². The number of nitrogens with one attached hydrogen (secondary N) is 2. The second-order valence-corrected chi connectivity index (χ2v) is 8.04. The average Bonchev–Trinajstić information content (AvgIpc) is 2.63. The van der Waals surface area contributed by atoms with Gasteiger partial charge < -0.3 is 15.5 Å². The topological polar surface area (TPSA) is 56.7 Å². The van der Waals surface area contributed by atoms with Crippen LogP contribution in [0.4, 0.5) is 0 Å². The molecular weight excluding hydrogens is 324 g/mol. The van der Waals surface area contributed by atoms with Gasteiger partial charge in [-0.05, 0) is 36.2 Å². The highest BCUT2D eigenvalue weighted by atomic mass is 16.1. The molecule has 0 saturated carbocycles. The summed E-state index contributed by atoms with van der Waals surface area (Å²) < 4.78 is 0. The summed E-state index contributed by atoms with van der Waals surface area (Å²) in [4.78, 5) is 18.3. The van der Waals surface area contributed by atoms with Crippen molar-refractivity contribution >= 4 is 11.9 Å². The number of carbonyl (C=O) groups is 1. The first-order valence-corrected chi connectivity index (χ1v) is 9.63. The van der Waals surface area contributed by atoms with Crippen molar-refractivity contribution < 1.29 is 4.79 Å². The zero-order chi connectivity index (χ0) is 19.0. The van der Waals surface area contributed by atoms with Crippen LogP contribution in [0.1, 0.15) is 38.7 Å². The number of piperidine rings is 1. The van der Waals surface area contributed by atoms with Crippen LogP contribution in [0.15, 0.2) is 35.3 Å². The Morgan fingerprint density at radius 2 is 1.88 bits per heavy atom. The van der Waals surface area contributed by atoms with Crippen LogP contribution in [0, 0.1) is 11.3 Å². The predicted molar refractivity (Wildman–Crippen MR) is 108 cm³/mol. The molecule has 0 unspecified atom stereocenters. The maximum atomic E-state index is 11.6. The van der Waals surface area contributed by atoms with Gasteiger partial charge in [-0.25, -0.2) is 0 Å². The van der Waals surface area contributed by atoms with E-state index in [0.29, 0.717) is 12.3 Å². The minimum absolute atomic E-state index is 0.147. The molecule has 1 aromatic carbocycles. The van der Waals surface area contributed by atoms with Crippen molar-refractivity contribution in [2.24, 2.45) is 16.3 Å². The van der Waals surface area contributed by atoms with Gasteiger partial charge in [-0.1, -0.05) is 44.2 Å². The van der Waals surface area contributed by atoms with Crippen molar-refractivity contribution in [1.29, 1.82) is 0 Å². The number of hydrogen-bond donors (Lipinski definition) is 2. The van der Waals surface area contributed by atoms with Gasteiger partial charge >= 0.3 is 0 Å². The van der Waals surface area contributed by atoms with Gasteiger partial charge in [0.15, 0.2) is 5.96 Å². The van der Waals surface area contributed by atoms with E-state index in [-0.39, 0.29) is 11.3 Å².